The number of para-hydroxylation sites is 1. The number of hydrogen-bond donors (Lipinski definition) is 1. The molecule has 0 spiro atoms. The molecule has 1 aliphatic heterocycles. The van der Waals surface area contributed by atoms with Gasteiger partial charge in [-0.05, 0) is 52.4 Å². The van der Waals surface area contributed by atoms with Gasteiger partial charge in [-0.1, -0.05) is 18.2 Å². The zero-order valence-corrected chi connectivity index (χ0v) is 20.6. The highest BCUT2D eigenvalue weighted by Crippen LogP contribution is 2.23. The van der Waals surface area contributed by atoms with E-state index in [9.17, 15) is 9.59 Å². The number of rotatable bonds is 9. The highest BCUT2D eigenvalue weighted by atomic mass is 16.1. The van der Waals surface area contributed by atoms with Crippen molar-refractivity contribution in [2.75, 3.05) is 46.3 Å². The van der Waals surface area contributed by atoms with Crippen molar-refractivity contribution in [2.45, 2.75) is 39.7 Å². The number of aromatic nitrogens is 3. The Balaban J connectivity index is 1.30. The Bertz CT molecular complexity index is 1180. The predicted molar refractivity (Wildman–Crippen MR) is 136 cm³/mol. The number of likely N-dealkylation sites (N-methyl/N-ethyl adjacent to an activating group) is 1. The van der Waals surface area contributed by atoms with E-state index in [4.69, 9.17) is 0 Å². The van der Waals surface area contributed by atoms with E-state index in [0.717, 1.165) is 74.6 Å². The van der Waals surface area contributed by atoms with Crippen LogP contribution in [-0.4, -0.2) is 76.4 Å². The predicted octanol–water partition coefficient (Wildman–Crippen LogP) is 2.34. The third-order valence-corrected chi connectivity index (χ3v) is 6.89. The van der Waals surface area contributed by atoms with E-state index in [1.165, 1.54) is 4.68 Å². The topological polar surface area (TPSA) is 75.4 Å². The van der Waals surface area contributed by atoms with Gasteiger partial charge in [0.1, 0.15) is 0 Å². The van der Waals surface area contributed by atoms with Crippen molar-refractivity contribution >= 4 is 16.7 Å². The van der Waals surface area contributed by atoms with Crippen molar-refractivity contribution in [3.05, 3.63) is 58.3 Å². The molecule has 1 saturated heterocycles. The van der Waals surface area contributed by atoms with Crippen molar-refractivity contribution in [3.8, 4) is 5.69 Å². The van der Waals surface area contributed by atoms with Crippen LogP contribution in [0.4, 0.5) is 0 Å². The largest absolute Gasteiger partial charge is 0.356 e. The van der Waals surface area contributed by atoms with Crippen LogP contribution in [0, 0.1) is 13.8 Å². The zero-order valence-electron chi connectivity index (χ0n) is 20.6. The number of benzene rings is 1. The first-order valence-corrected chi connectivity index (χ1v) is 12.3. The van der Waals surface area contributed by atoms with E-state index in [2.05, 4.69) is 31.8 Å². The van der Waals surface area contributed by atoms with Gasteiger partial charge in [0.05, 0.1) is 17.3 Å². The quantitative estimate of drug-likeness (QED) is 0.492. The minimum absolute atomic E-state index is 0.0958. The smallest absolute Gasteiger partial charge is 0.281 e. The number of piperazine rings is 1. The summed E-state index contributed by atoms with van der Waals surface area (Å²) in [6, 6.07) is 9.47. The van der Waals surface area contributed by atoms with Crippen molar-refractivity contribution in [1.82, 2.24) is 29.5 Å². The van der Waals surface area contributed by atoms with Crippen LogP contribution in [0.5, 0.6) is 0 Å². The summed E-state index contributed by atoms with van der Waals surface area (Å²) in [5.74, 6) is 0.0958. The Morgan fingerprint density at radius 1 is 1.00 bits per heavy atom. The van der Waals surface area contributed by atoms with Gasteiger partial charge in [0, 0.05) is 62.5 Å². The van der Waals surface area contributed by atoms with Gasteiger partial charge in [-0.3, -0.25) is 9.59 Å². The lowest BCUT2D eigenvalue weighted by atomic mass is 10.2. The fraction of sp³-hybridized carbons (Fsp3) is 0.500. The molecule has 2 aromatic heterocycles. The molecule has 1 fully saturated rings. The standard InChI is InChI=1S/C26H36N6O2/c1-20-23-19-28-32(22-9-5-4-6-10-22)26(34)25(23)21(2)31(20)14-7-11-24(33)27-12-8-13-30-17-15-29(3)16-18-30/h4-6,9-10,19H,7-8,11-18H2,1-3H3,(H,27,33). The van der Waals surface area contributed by atoms with Gasteiger partial charge in [0.2, 0.25) is 5.91 Å². The molecule has 0 radical (unpaired) electrons. The maximum absolute atomic E-state index is 13.2. The van der Waals surface area contributed by atoms with Gasteiger partial charge in [-0.2, -0.15) is 9.78 Å². The third-order valence-electron chi connectivity index (χ3n) is 6.89. The van der Waals surface area contributed by atoms with Crippen molar-refractivity contribution in [3.63, 3.8) is 0 Å². The summed E-state index contributed by atoms with van der Waals surface area (Å²) in [7, 11) is 2.16. The summed E-state index contributed by atoms with van der Waals surface area (Å²) in [6.45, 7) is 10.9. The molecule has 1 amide bonds. The molecular formula is C26H36N6O2. The first kappa shape index (κ1) is 24.2. The summed E-state index contributed by atoms with van der Waals surface area (Å²) >= 11 is 0. The van der Waals surface area contributed by atoms with Crippen LogP contribution in [0.1, 0.15) is 30.7 Å². The molecule has 8 nitrogen and oxygen atoms in total. The number of nitrogens with one attached hydrogen (secondary N) is 1. The lowest BCUT2D eigenvalue weighted by molar-refractivity contribution is -0.121. The SMILES string of the molecule is Cc1c2cnn(-c3ccccc3)c(=O)c2c(C)n1CCCC(=O)NCCCN1CCN(C)CC1. The van der Waals surface area contributed by atoms with Crippen LogP contribution in [0.25, 0.3) is 16.5 Å². The molecule has 8 heteroatoms. The van der Waals surface area contributed by atoms with Crippen LogP contribution >= 0.6 is 0 Å². The van der Waals surface area contributed by atoms with Crippen LogP contribution in [0.15, 0.2) is 41.3 Å². The molecule has 3 aromatic rings. The molecule has 0 unspecified atom stereocenters. The van der Waals surface area contributed by atoms with Gasteiger partial charge < -0.3 is 19.7 Å². The number of aryl methyl sites for hydroxylation is 2. The lowest BCUT2D eigenvalue weighted by Crippen LogP contribution is -2.45. The molecule has 1 N–H and O–H groups in total. The van der Waals surface area contributed by atoms with Gasteiger partial charge in [-0.15, -0.1) is 0 Å². The van der Waals surface area contributed by atoms with Crippen molar-refractivity contribution < 1.29 is 4.79 Å². The molecule has 0 atom stereocenters. The molecule has 0 saturated carbocycles. The number of nitrogens with zero attached hydrogens (tertiary/aromatic N) is 5. The number of fused-ring (bicyclic) bond motifs is 1. The Labute approximate surface area is 201 Å². The second-order valence-corrected chi connectivity index (χ2v) is 9.26. The van der Waals surface area contributed by atoms with Crippen molar-refractivity contribution in [1.29, 1.82) is 0 Å². The van der Waals surface area contributed by atoms with Gasteiger partial charge in [0.25, 0.3) is 5.56 Å². The second-order valence-electron chi connectivity index (χ2n) is 9.26. The Kier molecular flexibility index (Phi) is 7.80. The third kappa shape index (κ3) is 5.39. The first-order chi connectivity index (χ1) is 16.5. The minimum Gasteiger partial charge on any atom is -0.356 e. The molecule has 182 valence electrons. The maximum Gasteiger partial charge on any atom is 0.281 e. The molecular weight excluding hydrogens is 428 g/mol. The normalized spacial score (nSPS) is 15.1. The molecule has 1 aromatic carbocycles. The molecule has 34 heavy (non-hydrogen) atoms. The number of carbonyl (C=O) groups excluding carboxylic acids is 1. The highest BCUT2D eigenvalue weighted by molar-refractivity contribution is 5.87. The summed E-state index contributed by atoms with van der Waals surface area (Å²) in [5, 5.41) is 9.04. The molecule has 0 bridgehead atoms. The highest BCUT2D eigenvalue weighted by Gasteiger charge is 2.17. The molecule has 1 aliphatic rings. The molecule has 4 rings (SSSR count). The Morgan fingerprint density at radius 3 is 2.47 bits per heavy atom. The monoisotopic (exact) mass is 464 g/mol. The van der Waals surface area contributed by atoms with E-state index >= 15 is 0 Å². The van der Waals surface area contributed by atoms with E-state index in [-0.39, 0.29) is 11.5 Å². The summed E-state index contributed by atoms with van der Waals surface area (Å²) in [5.41, 5.74) is 2.59. The average molecular weight is 465 g/mol. The molecule has 3 heterocycles. The van der Waals surface area contributed by atoms with Gasteiger partial charge in [-0.25, -0.2) is 0 Å². The van der Waals surface area contributed by atoms with Crippen LogP contribution in [-0.2, 0) is 11.3 Å². The maximum atomic E-state index is 13.2. The zero-order chi connectivity index (χ0) is 24.1. The first-order valence-electron chi connectivity index (χ1n) is 12.3. The van der Waals surface area contributed by atoms with Crippen LogP contribution in [0.3, 0.4) is 0 Å². The van der Waals surface area contributed by atoms with E-state index in [1.807, 2.05) is 44.2 Å². The fourth-order valence-electron chi connectivity index (χ4n) is 4.79. The van der Waals surface area contributed by atoms with E-state index < -0.39 is 0 Å². The van der Waals surface area contributed by atoms with Crippen LogP contribution < -0.4 is 10.9 Å². The Morgan fingerprint density at radius 2 is 1.74 bits per heavy atom. The number of carbonyl (C=O) groups is 1. The Hall–Kier alpha value is -2.97. The summed E-state index contributed by atoms with van der Waals surface area (Å²) in [4.78, 5) is 30.3. The van der Waals surface area contributed by atoms with E-state index in [1.54, 1.807) is 6.20 Å². The van der Waals surface area contributed by atoms with Gasteiger partial charge >= 0.3 is 0 Å². The van der Waals surface area contributed by atoms with Gasteiger partial charge in [0.15, 0.2) is 0 Å². The van der Waals surface area contributed by atoms with Crippen LogP contribution in [0.2, 0.25) is 0 Å². The summed E-state index contributed by atoms with van der Waals surface area (Å²) in [6.07, 6.45) is 3.97. The average Bonchev–Trinajstić information content (AvgIpc) is 3.09. The lowest BCUT2D eigenvalue weighted by Gasteiger charge is -2.32. The summed E-state index contributed by atoms with van der Waals surface area (Å²) < 4.78 is 3.60. The number of hydrogen-bond acceptors (Lipinski definition) is 5. The molecule has 0 aliphatic carbocycles. The van der Waals surface area contributed by atoms with Crippen molar-refractivity contribution in [2.24, 2.45) is 0 Å². The fourth-order valence-corrected chi connectivity index (χ4v) is 4.79. The minimum atomic E-state index is -0.110. The van der Waals surface area contributed by atoms with E-state index in [0.29, 0.717) is 18.4 Å². The number of amides is 1. The second kappa shape index (κ2) is 11.0.